The summed E-state index contributed by atoms with van der Waals surface area (Å²) in [6.45, 7) is 2.56. The van der Waals surface area contributed by atoms with Gasteiger partial charge in [0.05, 0.1) is 21.3 Å². The molecule has 0 saturated heterocycles. The largest absolute Gasteiger partial charge is 0.493 e. The zero-order chi connectivity index (χ0) is 12.8. The van der Waals surface area contributed by atoms with Crippen molar-refractivity contribution >= 4 is 5.69 Å². The van der Waals surface area contributed by atoms with Gasteiger partial charge in [0, 0.05) is 30.4 Å². The van der Waals surface area contributed by atoms with Crippen molar-refractivity contribution in [3.63, 3.8) is 0 Å². The molecule has 0 radical (unpaired) electrons. The van der Waals surface area contributed by atoms with Crippen molar-refractivity contribution in [1.82, 2.24) is 0 Å². The van der Waals surface area contributed by atoms with Crippen molar-refractivity contribution in [3.05, 3.63) is 12.1 Å². The Morgan fingerprint density at radius 3 is 2.00 bits per heavy atom. The fraction of sp³-hybridized carbons (Fsp3) is 0.500. The van der Waals surface area contributed by atoms with E-state index >= 15 is 0 Å². The molecule has 17 heavy (non-hydrogen) atoms. The Morgan fingerprint density at radius 1 is 1.12 bits per heavy atom. The SMILES string of the molecule is COc1cc(NC(C)CN)cc(OC)c1OC. The number of hydrogen-bond donors (Lipinski definition) is 2. The predicted octanol–water partition coefficient (Wildman–Crippen LogP) is 1.47. The van der Waals surface area contributed by atoms with E-state index in [0.29, 0.717) is 23.8 Å². The van der Waals surface area contributed by atoms with Crippen LogP contribution in [0.3, 0.4) is 0 Å². The monoisotopic (exact) mass is 240 g/mol. The smallest absolute Gasteiger partial charge is 0.203 e. The number of nitrogens with one attached hydrogen (secondary N) is 1. The van der Waals surface area contributed by atoms with Crippen LogP contribution in [0.4, 0.5) is 5.69 Å². The van der Waals surface area contributed by atoms with Crippen molar-refractivity contribution in [2.75, 3.05) is 33.2 Å². The second kappa shape index (κ2) is 6.20. The highest BCUT2D eigenvalue weighted by Gasteiger charge is 2.13. The molecule has 0 fully saturated rings. The van der Waals surface area contributed by atoms with Crippen molar-refractivity contribution < 1.29 is 14.2 Å². The van der Waals surface area contributed by atoms with Crippen LogP contribution in [0.2, 0.25) is 0 Å². The second-order valence-corrected chi connectivity index (χ2v) is 3.70. The van der Waals surface area contributed by atoms with Crippen LogP contribution in [0.15, 0.2) is 12.1 Å². The molecule has 0 aliphatic rings. The van der Waals surface area contributed by atoms with E-state index in [2.05, 4.69) is 5.32 Å². The minimum absolute atomic E-state index is 0.179. The molecular formula is C12H20N2O3. The lowest BCUT2D eigenvalue weighted by Gasteiger charge is -2.17. The molecule has 3 N–H and O–H groups in total. The lowest BCUT2D eigenvalue weighted by Crippen LogP contribution is -2.25. The maximum Gasteiger partial charge on any atom is 0.203 e. The van der Waals surface area contributed by atoms with Crippen molar-refractivity contribution in [2.24, 2.45) is 5.73 Å². The standard InChI is InChI=1S/C12H20N2O3/c1-8(7-13)14-9-5-10(15-2)12(17-4)11(6-9)16-3/h5-6,8,14H,7,13H2,1-4H3. The number of nitrogens with two attached hydrogens (primary N) is 1. The van der Waals surface area contributed by atoms with Crippen molar-refractivity contribution in [2.45, 2.75) is 13.0 Å². The third kappa shape index (κ3) is 3.17. The normalized spacial score (nSPS) is 11.8. The quantitative estimate of drug-likeness (QED) is 0.788. The molecule has 1 unspecified atom stereocenters. The van der Waals surface area contributed by atoms with E-state index < -0.39 is 0 Å². The highest BCUT2D eigenvalue weighted by Crippen LogP contribution is 2.39. The number of ether oxygens (including phenoxy) is 3. The van der Waals surface area contributed by atoms with E-state index in [1.807, 2.05) is 19.1 Å². The average molecular weight is 240 g/mol. The summed E-state index contributed by atoms with van der Waals surface area (Å²) in [4.78, 5) is 0. The first-order valence-corrected chi connectivity index (χ1v) is 5.42. The predicted molar refractivity (Wildman–Crippen MR) is 68.2 cm³/mol. The minimum Gasteiger partial charge on any atom is -0.493 e. The van der Waals surface area contributed by atoms with Gasteiger partial charge in [0.1, 0.15) is 0 Å². The number of rotatable bonds is 6. The van der Waals surface area contributed by atoms with Gasteiger partial charge in [0.2, 0.25) is 5.75 Å². The number of hydrogen-bond acceptors (Lipinski definition) is 5. The van der Waals surface area contributed by atoms with E-state index in [4.69, 9.17) is 19.9 Å². The first-order chi connectivity index (χ1) is 8.15. The van der Waals surface area contributed by atoms with Crippen LogP contribution in [-0.4, -0.2) is 33.9 Å². The third-order valence-corrected chi connectivity index (χ3v) is 2.43. The molecule has 0 aliphatic carbocycles. The van der Waals surface area contributed by atoms with Crippen LogP contribution in [0.25, 0.3) is 0 Å². The summed E-state index contributed by atoms with van der Waals surface area (Å²) in [5.74, 6) is 1.83. The Hall–Kier alpha value is -1.62. The van der Waals surface area contributed by atoms with Crippen LogP contribution in [-0.2, 0) is 0 Å². The lowest BCUT2D eigenvalue weighted by atomic mass is 10.2. The molecular weight excluding hydrogens is 220 g/mol. The van der Waals surface area contributed by atoms with Crippen molar-refractivity contribution in [1.29, 1.82) is 0 Å². The van der Waals surface area contributed by atoms with Gasteiger partial charge in [0.15, 0.2) is 11.5 Å². The fourth-order valence-electron chi connectivity index (χ4n) is 1.51. The van der Waals surface area contributed by atoms with E-state index in [0.717, 1.165) is 5.69 Å². The van der Waals surface area contributed by atoms with Gasteiger partial charge in [-0.3, -0.25) is 0 Å². The summed E-state index contributed by atoms with van der Waals surface area (Å²) < 4.78 is 15.8. The van der Waals surface area contributed by atoms with Gasteiger partial charge in [-0.1, -0.05) is 0 Å². The molecule has 0 spiro atoms. The first-order valence-electron chi connectivity index (χ1n) is 5.42. The fourth-order valence-corrected chi connectivity index (χ4v) is 1.51. The summed E-state index contributed by atoms with van der Waals surface area (Å²) in [7, 11) is 4.76. The Bertz CT molecular complexity index is 344. The molecule has 1 aromatic carbocycles. The van der Waals surface area contributed by atoms with E-state index in [-0.39, 0.29) is 6.04 Å². The number of benzene rings is 1. The van der Waals surface area contributed by atoms with Crippen LogP contribution in [0.5, 0.6) is 17.2 Å². The van der Waals surface area contributed by atoms with Gasteiger partial charge in [-0.15, -0.1) is 0 Å². The summed E-state index contributed by atoms with van der Waals surface area (Å²) >= 11 is 0. The van der Waals surface area contributed by atoms with E-state index in [1.54, 1.807) is 21.3 Å². The highest BCUT2D eigenvalue weighted by atomic mass is 16.5. The Balaban J connectivity index is 3.08. The van der Waals surface area contributed by atoms with Gasteiger partial charge in [0.25, 0.3) is 0 Å². The molecule has 1 rings (SSSR count). The van der Waals surface area contributed by atoms with Crippen LogP contribution in [0, 0.1) is 0 Å². The first kappa shape index (κ1) is 13.4. The molecule has 0 saturated carbocycles. The highest BCUT2D eigenvalue weighted by molar-refractivity contribution is 5.62. The Morgan fingerprint density at radius 2 is 1.65 bits per heavy atom. The molecule has 0 bridgehead atoms. The average Bonchev–Trinajstić information content (AvgIpc) is 2.37. The molecule has 0 amide bonds. The minimum atomic E-state index is 0.179. The molecule has 1 aromatic rings. The van der Waals surface area contributed by atoms with Crippen LogP contribution in [0.1, 0.15) is 6.92 Å². The van der Waals surface area contributed by atoms with Gasteiger partial charge in [-0.25, -0.2) is 0 Å². The van der Waals surface area contributed by atoms with Gasteiger partial charge in [-0.05, 0) is 6.92 Å². The van der Waals surface area contributed by atoms with Gasteiger partial charge < -0.3 is 25.3 Å². The maximum absolute atomic E-state index is 5.57. The number of anilines is 1. The van der Waals surface area contributed by atoms with E-state index in [1.165, 1.54) is 0 Å². The summed E-state index contributed by atoms with van der Waals surface area (Å²) in [5, 5.41) is 3.25. The van der Waals surface area contributed by atoms with Crippen LogP contribution < -0.4 is 25.3 Å². The molecule has 1 atom stereocenters. The lowest BCUT2D eigenvalue weighted by molar-refractivity contribution is 0.324. The second-order valence-electron chi connectivity index (χ2n) is 3.70. The summed E-state index contributed by atoms with van der Waals surface area (Å²) in [6.07, 6.45) is 0. The Labute approximate surface area is 102 Å². The third-order valence-electron chi connectivity index (χ3n) is 2.43. The van der Waals surface area contributed by atoms with E-state index in [9.17, 15) is 0 Å². The topological polar surface area (TPSA) is 65.7 Å². The van der Waals surface area contributed by atoms with Gasteiger partial charge in [-0.2, -0.15) is 0 Å². The molecule has 0 aliphatic heterocycles. The molecule has 5 heteroatoms. The maximum atomic E-state index is 5.57. The molecule has 0 aromatic heterocycles. The molecule has 0 heterocycles. The zero-order valence-electron chi connectivity index (χ0n) is 10.7. The van der Waals surface area contributed by atoms with Crippen molar-refractivity contribution in [3.8, 4) is 17.2 Å². The summed E-state index contributed by atoms with van der Waals surface area (Å²) in [6, 6.07) is 3.89. The summed E-state index contributed by atoms with van der Waals surface area (Å²) in [5.41, 5.74) is 6.45. The molecule has 96 valence electrons. The van der Waals surface area contributed by atoms with Gasteiger partial charge >= 0.3 is 0 Å². The zero-order valence-corrected chi connectivity index (χ0v) is 10.7. The van der Waals surface area contributed by atoms with Crippen LogP contribution >= 0.6 is 0 Å². The Kier molecular flexibility index (Phi) is 4.90. The molecule has 5 nitrogen and oxygen atoms in total. The number of methoxy groups -OCH3 is 3.